The first-order valence-corrected chi connectivity index (χ1v) is 10.3. The number of carbonyl (C=O) groups excluding carboxylic acids is 2. The minimum Gasteiger partial charge on any atom is -0.375 e. The van der Waals surface area contributed by atoms with Gasteiger partial charge in [0.15, 0.2) is 10.7 Å². The van der Waals surface area contributed by atoms with Gasteiger partial charge >= 0.3 is 0 Å². The number of nitrogens with zero attached hydrogens (tertiary/aromatic N) is 1. The number of benzene rings is 2. The largest absolute Gasteiger partial charge is 0.375 e. The van der Waals surface area contributed by atoms with E-state index in [2.05, 4.69) is 15.9 Å². The summed E-state index contributed by atoms with van der Waals surface area (Å²) in [5.41, 5.74) is 0.194. The van der Waals surface area contributed by atoms with Gasteiger partial charge in [-0.15, -0.1) is 0 Å². The third-order valence-corrected chi connectivity index (χ3v) is 5.94. The fraction of sp³-hybridized carbons (Fsp3) is 0.333. The Morgan fingerprint density at radius 2 is 1.81 bits per heavy atom. The number of aliphatic hydroxyl groups is 1. The van der Waals surface area contributed by atoms with Gasteiger partial charge in [0, 0.05) is 14.8 Å². The van der Waals surface area contributed by atoms with Crippen molar-refractivity contribution in [2.75, 3.05) is 4.90 Å². The molecule has 0 radical (unpaired) electrons. The minimum absolute atomic E-state index is 0.207. The minimum atomic E-state index is -1.86. The Morgan fingerprint density at radius 1 is 1.15 bits per heavy atom. The Morgan fingerprint density at radius 3 is 2.44 bits per heavy atom. The second-order valence-electron chi connectivity index (χ2n) is 7.63. The van der Waals surface area contributed by atoms with Crippen LogP contribution in [0.1, 0.15) is 38.3 Å². The summed E-state index contributed by atoms with van der Waals surface area (Å²) in [6.07, 6.45) is -0.255. The number of amides is 1. The molecule has 0 aliphatic carbocycles. The maximum absolute atomic E-state index is 13.2. The zero-order chi connectivity index (χ0) is 19.8. The Hall–Kier alpha value is -1.63. The van der Waals surface area contributed by atoms with Crippen LogP contribution in [0.25, 0.3) is 0 Å². The van der Waals surface area contributed by atoms with Crippen molar-refractivity contribution in [1.82, 2.24) is 0 Å². The lowest BCUT2D eigenvalue weighted by Crippen LogP contribution is -2.41. The summed E-state index contributed by atoms with van der Waals surface area (Å²) in [6.45, 7) is 6.14. The van der Waals surface area contributed by atoms with Crippen LogP contribution >= 0.6 is 27.7 Å². The fourth-order valence-corrected chi connectivity index (χ4v) is 4.91. The Balaban J connectivity index is 1.98. The molecule has 6 heteroatoms. The van der Waals surface area contributed by atoms with E-state index in [9.17, 15) is 14.7 Å². The van der Waals surface area contributed by atoms with Gasteiger partial charge in [0.1, 0.15) is 0 Å². The molecule has 1 heterocycles. The van der Waals surface area contributed by atoms with Crippen molar-refractivity contribution in [3.05, 3.63) is 64.1 Å². The highest BCUT2D eigenvalue weighted by atomic mass is 79.9. The van der Waals surface area contributed by atoms with Crippen LogP contribution in [-0.4, -0.2) is 20.9 Å². The number of halogens is 1. The monoisotopic (exact) mass is 447 g/mol. The quantitative estimate of drug-likeness (QED) is 0.741. The Bertz CT molecular complexity index is 879. The first kappa shape index (κ1) is 20.1. The molecular weight excluding hydrogens is 426 g/mol. The molecule has 142 valence electrons. The number of hydrogen-bond donors (Lipinski definition) is 1. The van der Waals surface area contributed by atoms with Gasteiger partial charge < -0.3 is 10.0 Å². The summed E-state index contributed by atoms with van der Waals surface area (Å²) in [4.78, 5) is 27.4. The molecule has 0 saturated carbocycles. The molecule has 0 spiro atoms. The Labute approximate surface area is 172 Å². The summed E-state index contributed by atoms with van der Waals surface area (Å²) in [5.74, 6) is -0.462. The number of fused-ring (bicyclic) bond motifs is 1. The molecule has 3 rings (SSSR count). The topological polar surface area (TPSA) is 57.6 Å². The van der Waals surface area contributed by atoms with E-state index in [1.165, 1.54) is 0 Å². The molecule has 1 aliphatic heterocycles. The smallest absolute Gasteiger partial charge is 0.264 e. The lowest BCUT2D eigenvalue weighted by molar-refractivity contribution is -0.139. The van der Waals surface area contributed by atoms with Crippen LogP contribution in [0.15, 0.2) is 53.0 Å². The molecule has 27 heavy (non-hydrogen) atoms. The molecule has 4 nitrogen and oxygen atoms in total. The van der Waals surface area contributed by atoms with Crippen molar-refractivity contribution in [3.63, 3.8) is 0 Å². The van der Waals surface area contributed by atoms with Gasteiger partial charge in [-0.1, -0.05) is 84.9 Å². The van der Waals surface area contributed by atoms with Crippen molar-refractivity contribution in [2.24, 2.45) is 0 Å². The first-order chi connectivity index (χ1) is 12.6. The van der Waals surface area contributed by atoms with E-state index < -0.39 is 11.5 Å². The molecule has 1 atom stereocenters. The second kappa shape index (κ2) is 7.41. The van der Waals surface area contributed by atoms with Gasteiger partial charge in [-0.3, -0.25) is 9.59 Å². The van der Waals surface area contributed by atoms with E-state index >= 15 is 0 Å². The molecule has 1 amide bonds. The number of anilines is 1. The second-order valence-corrected chi connectivity index (χ2v) is 10.4. The normalized spacial score (nSPS) is 19.3. The molecule has 1 aliphatic rings. The summed E-state index contributed by atoms with van der Waals surface area (Å²) in [6, 6.07) is 15.0. The van der Waals surface area contributed by atoms with Crippen molar-refractivity contribution in [1.29, 1.82) is 0 Å². The van der Waals surface area contributed by atoms with Crippen LogP contribution in [-0.2, 0) is 21.7 Å². The average Bonchev–Trinajstić information content (AvgIpc) is 2.77. The molecule has 1 N–H and O–H groups in total. The lowest BCUT2D eigenvalue weighted by atomic mass is 9.92. The third-order valence-electron chi connectivity index (χ3n) is 4.30. The van der Waals surface area contributed by atoms with Crippen LogP contribution in [0.2, 0.25) is 0 Å². The van der Waals surface area contributed by atoms with E-state index in [0.717, 1.165) is 17.3 Å². The van der Waals surface area contributed by atoms with E-state index in [1.807, 2.05) is 57.2 Å². The highest BCUT2D eigenvalue weighted by Crippen LogP contribution is 2.47. The number of carbonyl (C=O) groups is 2. The first-order valence-electron chi connectivity index (χ1n) is 8.71. The summed E-state index contributed by atoms with van der Waals surface area (Å²) in [7, 11) is 0. The molecule has 0 aromatic heterocycles. The molecule has 0 saturated heterocycles. The maximum Gasteiger partial charge on any atom is 0.264 e. The average molecular weight is 448 g/mol. The van der Waals surface area contributed by atoms with Gasteiger partial charge in [0.25, 0.3) is 5.91 Å². The van der Waals surface area contributed by atoms with Crippen LogP contribution in [0.5, 0.6) is 0 Å². The van der Waals surface area contributed by atoms with Crippen LogP contribution in [0.3, 0.4) is 0 Å². The number of thioether (sulfide) groups is 1. The van der Waals surface area contributed by atoms with E-state index in [-0.39, 0.29) is 16.3 Å². The SMILES string of the molecule is CC(C)(C)SC(=O)C[C@]1(O)C(=O)N(Cc2ccccc2)c2cccc(Br)c21. The predicted molar refractivity (Wildman–Crippen MR) is 113 cm³/mol. The van der Waals surface area contributed by atoms with Crippen molar-refractivity contribution in [3.8, 4) is 0 Å². The van der Waals surface area contributed by atoms with Crippen LogP contribution in [0.4, 0.5) is 5.69 Å². The summed E-state index contributed by atoms with van der Waals surface area (Å²) < 4.78 is 0.343. The zero-order valence-electron chi connectivity index (χ0n) is 15.5. The van der Waals surface area contributed by atoms with Gasteiger partial charge in [0.05, 0.1) is 18.7 Å². The predicted octanol–water partition coefficient (Wildman–Crippen LogP) is 4.63. The van der Waals surface area contributed by atoms with Crippen LogP contribution < -0.4 is 4.90 Å². The molecule has 2 aromatic carbocycles. The van der Waals surface area contributed by atoms with Crippen molar-refractivity contribution < 1.29 is 14.7 Å². The molecule has 0 unspecified atom stereocenters. The van der Waals surface area contributed by atoms with Gasteiger partial charge in [-0.25, -0.2) is 0 Å². The summed E-state index contributed by atoms with van der Waals surface area (Å²) in [5, 5.41) is 11.1. The van der Waals surface area contributed by atoms with E-state index in [1.54, 1.807) is 17.0 Å². The lowest BCUT2D eigenvalue weighted by Gasteiger charge is -2.24. The molecule has 0 bridgehead atoms. The molecule has 0 fully saturated rings. The van der Waals surface area contributed by atoms with Crippen molar-refractivity contribution in [2.45, 2.75) is 44.1 Å². The highest BCUT2D eigenvalue weighted by molar-refractivity contribution is 9.10. The van der Waals surface area contributed by atoms with Gasteiger partial charge in [-0.05, 0) is 17.7 Å². The summed E-state index contributed by atoms with van der Waals surface area (Å²) >= 11 is 4.60. The maximum atomic E-state index is 13.2. The number of rotatable bonds is 4. The highest BCUT2D eigenvalue weighted by Gasteiger charge is 2.52. The van der Waals surface area contributed by atoms with Crippen LogP contribution in [0, 0.1) is 0 Å². The van der Waals surface area contributed by atoms with Gasteiger partial charge in [0.2, 0.25) is 0 Å². The number of hydrogen-bond acceptors (Lipinski definition) is 4. The zero-order valence-corrected chi connectivity index (χ0v) is 17.9. The van der Waals surface area contributed by atoms with Gasteiger partial charge in [-0.2, -0.15) is 0 Å². The fourth-order valence-electron chi connectivity index (χ4n) is 3.26. The molecule has 2 aromatic rings. The van der Waals surface area contributed by atoms with Crippen molar-refractivity contribution >= 4 is 44.4 Å². The van der Waals surface area contributed by atoms with E-state index in [4.69, 9.17) is 0 Å². The van der Waals surface area contributed by atoms with E-state index in [0.29, 0.717) is 22.3 Å². The third kappa shape index (κ3) is 4.13. The standard InChI is InChI=1S/C21H22BrNO3S/c1-20(2,3)27-17(24)12-21(26)18-15(22)10-7-11-16(18)23(19(21)25)13-14-8-5-4-6-9-14/h4-11,26H,12-13H2,1-3H3/t21-/m1/s1. The Kier molecular flexibility index (Phi) is 5.52. The molecular formula is C21H22BrNO3S.